The number of rotatable bonds is 5. The van der Waals surface area contributed by atoms with Gasteiger partial charge in [0.1, 0.15) is 0 Å². The van der Waals surface area contributed by atoms with Crippen LogP contribution in [0.15, 0.2) is 231 Å². The van der Waals surface area contributed by atoms with Gasteiger partial charge in [-0.2, -0.15) is 0 Å². The van der Waals surface area contributed by atoms with Crippen LogP contribution >= 0.6 is 11.3 Å². The molecule has 324 valence electrons. The number of thiophene rings is 1. The van der Waals surface area contributed by atoms with E-state index in [1.807, 2.05) is 29.5 Å². The summed E-state index contributed by atoms with van der Waals surface area (Å²) >= 11 is 1.86. The molecular formula is C65H38N4S. The molecule has 15 rings (SSSR count). The van der Waals surface area contributed by atoms with Crippen LogP contribution in [0.2, 0.25) is 0 Å². The molecule has 3 heterocycles. The van der Waals surface area contributed by atoms with E-state index in [4.69, 9.17) is 15.0 Å². The maximum absolute atomic E-state index is 5.51. The van der Waals surface area contributed by atoms with E-state index in [-0.39, 0.29) is 0 Å². The zero-order valence-corrected chi connectivity index (χ0v) is 38.5. The zero-order chi connectivity index (χ0) is 45.9. The number of hydrogen-bond donors (Lipinski definition) is 0. The number of aromatic nitrogens is 4. The first kappa shape index (κ1) is 39.0. The van der Waals surface area contributed by atoms with E-state index in [9.17, 15) is 0 Å². The minimum Gasteiger partial charge on any atom is -0.309 e. The Bertz CT molecular complexity index is 4630. The van der Waals surface area contributed by atoms with Gasteiger partial charge in [0, 0.05) is 53.3 Å². The summed E-state index contributed by atoms with van der Waals surface area (Å²) in [5.41, 5.74) is 8.36. The fraction of sp³-hybridized carbons (Fsp3) is 0. The molecule has 0 aliphatic heterocycles. The lowest BCUT2D eigenvalue weighted by molar-refractivity contribution is 1.07. The Morgan fingerprint density at radius 1 is 0.300 bits per heavy atom. The molecule has 0 aliphatic rings. The minimum absolute atomic E-state index is 0.615. The molecule has 4 nitrogen and oxygen atoms in total. The molecule has 0 unspecified atom stereocenters. The Morgan fingerprint density at radius 2 is 0.900 bits per heavy atom. The van der Waals surface area contributed by atoms with Crippen molar-refractivity contribution in [3.05, 3.63) is 231 Å². The lowest BCUT2D eigenvalue weighted by Gasteiger charge is -2.17. The summed E-state index contributed by atoms with van der Waals surface area (Å²) in [6.45, 7) is 0. The van der Waals surface area contributed by atoms with E-state index in [2.05, 4.69) is 217 Å². The molecule has 0 fully saturated rings. The van der Waals surface area contributed by atoms with Crippen LogP contribution in [0.25, 0.3) is 147 Å². The van der Waals surface area contributed by atoms with Crippen molar-refractivity contribution < 1.29 is 0 Å². The molecule has 5 heteroatoms. The molecule has 70 heavy (non-hydrogen) atoms. The topological polar surface area (TPSA) is 43.6 Å². The highest BCUT2D eigenvalue weighted by atomic mass is 32.1. The number of hydrogen-bond acceptors (Lipinski definition) is 4. The molecule has 0 saturated carbocycles. The van der Waals surface area contributed by atoms with Crippen molar-refractivity contribution in [3.8, 4) is 51.0 Å². The minimum atomic E-state index is 0.615. The van der Waals surface area contributed by atoms with Gasteiger partial charge >= 0.3 is 0 Å². The maximum Gasteiger partial charge on any atom is 0.164 e. The van der Waals surface area contributed by atoms with E-state index in [1.54, 1.807) is 0 Å². The van der Waals surface area contributed by atoms with Gasteiger partial charge in [-0.15, -0.1) is 11.3 Å². The average molecular weight is 907 g/mol. The van der Waals surface area contributed by atoms with Crippen LogP contribution < -0.4 is 0 Å². The molecule has 12 aromatic carbocycles. The van der Waals surface area contributed by atoms with Gasteiger partial charge in [-0.05, 0) is 114 Å². The summed E-state index contributed by atoms with van der Waals surface area (Å²) in [5, 5.41) is 17.1. The highest BCUT2D eigenvalue weighted by Gasteiger charge is 2.22. The van der Waals surface area contributed by atoms with Crippen molar-refractivity contribution in [2.75, 3.05) is 0 Å². The van der Waals surface area contributed by atoms with Crippen molar-refractivity contribution in [3.63, 3.8) is 0 Å². The Kier molecular flexibility index (Phi) is 8.49. The SMILES string of the molecule is c1ccc(-c2nc(-c3ccc4c5ccccc5c5ccccc5c4c3)nc(-c3ccc(-n4c5ccccc5c5cc6ccccc6cc54)cc3-c3cccc4sc5c6ccccc6ccc5c34)n2)cc1. The van der Waals surface area contributed by atoms with Crippen molar-refractivity contribution in [1.29, 1.82) is 0 Å². The van der Waals surface area contributed by atoms with Crippen LogP contribution in [-0.2, 0) is 0 Å². The predicted octanol–water partition coefficient (Wildman–Crippen LogP) is 17.8. The summed E-state index contributed by atoms with van der Waals surface area (Å²) in [7, 11) is 0. The first-order valence-electron chi connectivity index (χ1n) is 23.8. The smallest absolute Gasteiger partial charge is 0.164 e. The van der Waals surface area contributed by atoms with Crippen molar-refractivity contribution in [2.24, 2.45) is 0 Å². The average Bonchev–Trinajstić information content (AvgIpc) is 3.98. The second-order valence-corrected chi connectivity index (χ2v) is 19.3. The fourth-order valence-corrected chi connectivity index (χ4v) is 12.5. The number of fused-ring (bicyclic) bond motifs is 15. The van der Waals surface area contributed by atoms with E-state index in [1.165, 1.54) is 84.8 Å². The Labute approximate surface area is 406 Å². The van der Waals surface area contributed by atoms with E-state index in [0.29, 0.717) is 17.5 Å². The third kappa shape index (κ3) is 5.92. The standard InChI is InChI=1S/C65H38N4S/c1-2-16-40(17-3-1)63-66-64(43-30-32-50-48-23-9-8-21-46(48)47-22-10-11-24-49(47)55(50)36-43)68-65(67-63)53-34-31-44(69-58-27-13-12-25-51(58)57-35-41-18-4-5-19-42(41)37-59(57)69)38-56(53)52-26-14-28-60-61(52)54-33-29-39-15-6-7-20-45(39)62(54)70-60/h1-38H. The van der Waals surface area contributed by atoms with Crippen molar-refractivity contribution in [2.45, 2.75) is 0 Å². The van der Waals surface area contributed by atoms with E-state index >= 15 is 0 Å². The summed E-state index contributed by atoms with van der Waals surface area (Å²) in [4.78, 5) is 16.2. The first-order chi connectivity index (χ1) is 34.7. The number of nitrogens with zero attached hydrogens (tertiary/aromatic N) is 4. The monoisotopic (exact) mass is 906 g/mol. The van der Waals surface area contributed by atoms with Gasteiger partial charge in [0.25, 0.3) is 0 Å². The fourth-order valence-electron chi connectivity index (χ4n) is 11.2. The summed E-state index contributed by atoms with van der Waals surface area (Å²) in [6.07, 6.45) is 0. The number of para-hydroxylation sites is 1. The van der Waals surface area contributed by atoms with Crippen LogP contribution in [0.3, 0.4) is 0 Å². The van der Waals surface area contributed by atoms with E-state index in [0.717, 1.165) is 44.5 Å². The molecule has 15 aromatic rings. The summed E-state index contributed by atoms with van der Waals surface area (Å²) in [6, 6.07) is 83.4. The van der Waals surface area contributed by atoms with Crippen molar-refractivity contribution >= 4 is 107 Å². The van der Waals surface area contributed by atoms with Crippen LogP contribution in [0.5, 0.6) is 0 Å². The predicted molar refractivity (Wildman–Crippen MR) is 296 cm³/mol. The Morgan fingerprint density at radius 3 is 1.67 bits per heavy atom. The molecule has 3 aromatic heterocycles. The van der Waals surface area contributed by atoms with Gasteiger partial charge in [-0.25, -0.2) is 15.0 Å². The largest absolute Gasteiger partial charge is 0.309 e. The van der Waals surface area contributed by atoms with Crippen LogP contribution in [0.4, 0.5) is 0 Å². The van der Waals surface area contributed by atoms with Crippen LogP contribution in [0.1, 0.15) is 0 Å². The van der Waals surface area contributed by atoms with Gasteiger partial charge in [0.15, 0.2) is 17.5 Å². The Balaban J connectivity index is 1.02. The molecule has 0 radical (unpaired) electrons. The molecule has 0 N–H and O–H groups in total. The molecule has 0 spiro atoms. The van der Waals surface area contributed by atoms with E-state index < -0.39 is 0 Å². The normalized spacial score (nSPS) is 12.0. The lowest BCUT2D eigenvalue weighted by atomic mass is 9.93. The van der Waals surface area contributed by atoms with Gasteiger partial charge in [-0.3, -0.25) is 0 Å². The number of benzene rings is 12. The molecule has 0 bridgehead atoms. The molecule has 0 amide bonds. The zero-order valence-electron chi connectivity index (χ0n) is 37.6. The third-order valence-corrected chi connectivity index (χ3v) is 15.6. The maximum atomic E-state index is 5.51. The van der Waals surface area contributed by atoms with Gasteiger partial charge in [0.2, 0.25) is 0 Å². The highest BCUT2D eigenvalue weighted by molar-refractivity contribution is 7.26. The van der Waals surface area contributed by atoms with Gasteiger partial charge in [0.05, 0.1) is 11.0 Å². The van der Waals surface area contributed by atoms with Crippen LogP contribution in [0, 0.1) is 0 Å². The molecule has 0 saturated heterocycles. The van der Waals surface area contributed by atoms with Gasteiger partial charge in [-0.1, -0.05) is 182 Å². The lowest BCUT2D eigenvalue weighted by Crippen LogP contribution is -2.02. The summed E-state index contributed by atoms with van der Waals surface area (Å²) < 4.78 is 4.96. The molecular weight excluding hydrogens is 869 g/mol. The Hall–Kier alpha value is -9.03. The third-order valence-electron chi connectivity index (χ3n) is 14.4. The first-order valence-corrected chi connectivity index (χ1v) is 24.6. The molecule has 0 aliphatic carbocycles. The van der Waals surface area contributed by atoms with Crippen LogP contribution in [-0.4, -0.2) is 19.5 Å². The summed E-state index contributed by atoms with van der Waals surface area (Å²) in [5.74, 6) is 1.86. The molecule has 0 atom stereocenters. The second kappa shape index (κ2) is 15.2. The highest BCUT2D eigenvalue weighted by Crippen LogP contribution is 2.46. The van der Waals surface area contributed by atoms with Crippen molar-refractivity contribution in [1.82, 2.24) is 19.5 Å². The second-order valence-electron chi connectivity index (χ2n) is 18.3. The van der Waals surface area contributed by atoms with Gasteiger partial charge < -0.3 is 4.57 Å². The quantitative estimate of drug-likeness (QED) is 0.162.